The molecular formula is C14H20AsNO12S6-4. The normalized spacial score (nSPS) is 13.2. The molecule has 0 aliphatic heterocycles. The molecule has 0 bridgehead atoms. The van der Waals surface area contributed by atoms with Crippen LogP contribution in [0.3, 0.4) is 0 Å². The van der Waals surface area contributed by atoms with E-state index in [4.69, 9.17) is 0 Å². The van der Waals surface area contributed by atoms with Crippen molar-refractivity contribution in [2.75, 3.05) is 52.5 Å². The van der Waals surface area contributed by atoms with Crippen molar-refractivity contribution in [3.8, 4) is 0 Å². The molecule has 34 heavy (non-hydrogen) atoms. The van der Waals surface area contributed by atoms with Crippen molar-refractivity contribution >= 4 is 86.7 Å². The van der Waals surface area contributed by atoms with E-state index in [1.54, 1.807) is 27.1 Å². The number of hydrogen-bond donors (Lipinski definition) is 0. The summed E-state index contributed by atoms with van der Waals surface area (Å²) in [5.74, 6) is 0.315. The summed E-state index contributed by atoms with van der Waals surface area (Å²) in [5.41, 5.74) is 0.624. The van der Waals surface area contributed by atoms with E-state index in [1.807, 2.05) is 12.1 Å². The van der Waals surface area contributed by atoms with Gasteiger partial charge in [-0.1, -0.05) is 0 Å². The van der Waals surface area contributed by atoms with E-state index in [1.165, 1.54) is 10.0 Å². The number of benzene rings is 1. The third kappa shape index (κ3) is 16.3. The fourth-order valence-corrected chi connectivity index (χ4v) is 18.4. The molecule has 0 amide bonds. The van der Waals surface area contributed by atoms with Gasteiger partial charge in [-0.3, -0.25) is 0 Å². The molecule has 1 rings (SSSR count). The summed E-state index contributed by atoms with van der Waals surface area (Å²) in [7, 11) is -5.80. The molecule has 1 unspecified atom stereocenters. The molecule has 13 nitrogen and oxygen atoms in total. The average molecular weight is 662 g/mol. The predicted octanol–water partition coefficient (Wildman–Crippen LogP) is -1.51. The van der Waals surface area contributed by atoms with Gasteiger partial charge >= 0.3 is 219 Å². The van der Waals surface area contributed by atoms with Crippen molar-refractivity contribution in [3.05, 3.63) is 24.3 Å². The Kier molecular flexibility index (Phi) is 17.2. The SMILES string of the molecule is O=S(=O)([O-])CCS[As](SCCSOO[O-])c1ccc(N(CCSOO[O-])CCS(=O)(=O)[O-])cc1. The van der Waals surface area contributed by atoms with Crippen LogP contribution in [0, 0.1) is 0 Å². The number of anilines is 1. The van der Waals surface area contributed by atoms with Gasteiger partial charge in [-0.25, -0.2) is 0 Å². The van der Waals surface area contributed by atoms with Gasteiger partial charge in [0.1, 0.15) is 0 Å². The van der Waals surface area contributed by atoms with Crippen LogP contribution in [0.2, 0.25) is 0 Å². The van der Waals surface area contributed by atoms with Crippen molar-refractivity contribution in [2.45, 2.75) is 0 Å². The molecule has 0 fully saturated rings. The van der Waals surface area contributed by atoms with Gasteiger partial charge in [0.2, 0.25) is 0 Å². The van der Waals surface area contributed by atoms with Crippen molar-refractivity contribution in [2.24, 2.45) is 0 Å². The number of rotatable bonds is 20. The molecular weight excluding hydrogens is 641 g/mol. The molecule has 0 spiro atoms. The first-order valence-corrected chi connectivity index (χ1v) is 21.4. The maximum atomic E-state index is 11.0. The molecule has 1 aromatic rings. The molecule has 0 heterocycles. The molecule has 0 saturated heterocycles. The summed E-state index contributed by atoms with van der Waals surface area (Å²) in [6, 6.07) is 7.10. The minimum atomic E-state index is -4.44. The molecule has 198 valence electrons. The Morgan fingerprint density at radius 2 is 1.32 bits per heavy atom. The van der Waals surface area contributed by atoms with Crippen LogP contribution in [-0.4, -0.2) is 85.9 Å². The van der Waals surface area contributed by atoms with Crippen LogP contribution in [-0.2, 0) is 39.0 Å². The Morgan fingerprint density at radius 3 is 1.88 bits per heavy atom. The van der Waals surface area contributed by atoms with Crippen molar-refractivity contribution in [1.29, 1.82) is 0 Å². The summed E-state index contributed by atoms with van der Waals surface area (Å²) in [5, 5.41) is 26.3. The monoisotopic (exact) mass is 661 g/mol. The van der Waals surface area contributed by atoms with E-state index in [2.05, 4.69) is 18.7 Å². The first-order chi connectivity index (χ1) is 16.1. The van der Waals surface area contributed by atoms with Gasteiger partial charge in [0, 0.05) is 0 Å². The molecule has 1 aromatic carbocycles. The maximum absolute atomic E-state index is 11.0. The molecule has 0 radical (unpaired) electrons. The molecule has 1 atom stereocenters. The molecule has 0 aromatic heterocycles. The molecule has 0 saturated carbocycles. The van der Waals surface area contributed by atoms with Gasteiger partial charge in [-0.15, -0.1) is 0 Å². The van der Waals surface area contributed by atoms with Crippen LogP contribution >= 0.6 is 44.1 Å². The van der Waals surface area contributed by atoms with Crippen molar-refractivity contribution in [3.63, 3.8) is 0 Å². The van der Waals surface area contributed by atoms with Gasteiger partial charge in [0.05, 0.1) is 0 Å². The molecule has 0 N–H and O–H groups in total. The van der Waals surface area contributed by atoms with Crippen LogP contribution < -0.4 is 19.8 Å². The quantitative estimate of drug-likeness (QED) is 0.0389. The van der Waals surface area contributed by atoms with E-state index in [0.717, 1.165) is 28.4 Å². The molecule has 20 heteroatoms. The summed E-state index contributed by atoms with van der Waals surface area (Å²) in [6.45, 7) is 0.184. The first-order valence-electron chi connectivity index (χ1n) is 9.00. The van der Waals surface area contributed by atoms with E-state index < -0.39 is 44.1 Å². The van der Waals surface area contributed by atoms with Crippen LogP contribution in [0.1, 0.15) is 0 Å². The summed E-state index contributed by atoms with van der Waals surface area (Å²) < 4.78 is 75.3. The summed E-state index contributed by atoms with van der Waals surface area (Å²) in [4.78, 5) is 1.64. The Labute approximate surface area is 217 Å². The molecule has 0 aliphatic rings. The topological polar surface area (TPSA) is 201 Å². The first kappa shape index (κ1) is 32.6. The zero-order valence-corrected chi connectivity index (χ0v) is 24.0. The second kappa shape index (κ2) is 17.9. The van der Waals surface area contributed by atoms with Crippen LogP contribution in [0.25, 0.3) is 0 Å². The zero-order chi connectivity index (χ0) is 25.5. The second-order valence-corrected chi connectivity index (χ2v) is 22.2. The minimum absolute atomic E-state index is 0.0741. The van der Waals surface area contributed by atoms with Crippen LogP contribution in [0.4, 0.5) is 5.69 Å². The van der Waals surface area contributed by atoms with E-state index in [9.17, 15) is 36.5 Å². The number of hydrogen-bond acceptors (Lipinski definition) is 17. The standard InChI is InChI=1S/C14H24AsNO12S6/c17-25-27-31-7-5-16(6-11-33(19,20)21)14-3-1-13(2-4-14)15(29-8-9-32-28-26-18)30-10-12-34(22,23)24/h1-4,17-18H,5-12H2,(H,19,20,21)(H,22,23,24)/p-4. The van der Waals surface area contributed by atoms with Crippen molar-refractivity contribution < 1.29 is 55.2 Å². The van der Waals surface area contributed by atoms with Gasteiger partial charge < -0.3 is 0 Å². The fourth-order valence-electron chi connectivity index (χ4n) is 2.19. The second-order valence-electron chi connectivity index (χ2n) is 5.87. The van der Waals surface area contributed by atoms with E-state index in [0.29, 0.717) is 17.2 Å². The summed E-state index contributed by atoms with van der Waals surface area (Å²) in [6.07, 6.45) is 0. The van der Waals surface area contributed by atoms with E-state index >= 15 is 0 Å². The average Bonchev–Trinajstić information content (AvgIpc) is 2.76. The number of nitrogens with zero attached hydrogens (tertiary/aromatic N) is 1. The zero-order valence-electron chi connectivity index (χ0n) is 17.2. The Balaban J connectivity index is 2.89. The van der Waals surface area contributed by atoms with Gasteiger partial charge in [-0.2, -0.15) is 0 Å². The Morgan fingerprint density at radius 1 is 0.765 bits per heavy atom. The fraction of sp³-hybridized carbons (Fsp3) is 0.571. The Hall–Kier alpha value is 0.558. The predicted molar refractivity (Wildman–Crippen MR) is 127 cm³/mol. The van der Waals surface area contributed by atoms with E-state index in [-0.39, 0.29) is 24.6 Å². The van der Waals surface area contributed by atoms with Crippen molar-refractivity contribution in [1.82, 2.24) is 0 Å². The Bertz CT molecular complexity index is 891. The van der Waals surface area contributed by atoms with Gasteiger partial charge in [0.25, 0.3) is 0 Å². The third-order valence-electron chi connectivity index (χ3n) is 3.55. The van der Waals surface area contributed by atoms with Crippen LogP contribution in [0.15, 0.2) is 24.3 Å². The van der Waals surface area contributed by atoms with Gasteiger partial charge in [0.15, 0.2) is 0 Å². The summed E-state index contributed by atoms with van der Waals surface area (Å²) >= 11 is -0.380. The third-order valence-corrected chi connectivity index (χ3v) is 20.0. The van der Waals surface area contributed by atoms with Crippen LogP contribution in [0.5, 0.6) is 0 Å². The molecule has 0 aliphatic carbocycles. The van der Waals surface area contributed by atoms with Gasteiger partial charge in [-0.05, 0) is 0 Å².